The highest BCUT2D eigenvalue weighted by Gasteiger charge is 2.27. The lowest BCUT2D eigenvalue weighted by molar-refractivity contribution is 0.284. The van der Waals surface area contributed by atoms with Crippen molar-refractivity contribution in [2.45, 2.75) is 57.9 Å². The second-order valence-corrected chi connectivity index (χ2v) is 8.10. The standard InChI is InChI=1S/C18H26N6/c1-18(2,3)21-10-12-4-6-13(7-5-12)15-16-14-8-9-19-17(14)20-11-24(16)23-22-15/h8-9,11-13,19,21H,4-7,10H2,1-3H3. The van der Waals surface area contributed by atoms with E-state index in [-0.39, 0.29) is 5.54 Å². The molecule has 0 radical (unpaired) electrons. The van der Waals surface area contributed by atoms with Crippen molar-refractivity contribution in [2.24, 2.45) is 5.92 Å². The molecular weight excluding hydrogens is 300 g/mol. The van der Waals surface area contributed by atoms with Gasteiger partial charge in [0.25, 0.3) is 0 Å². The maximum atomic E-state index is 4.50. The van der Waals surface area contributed by atoms with E-state index in [1.165, 1.54) is 25.7 Å². The third-order valence-corrected chi connectivity index (χ3v) is 5.15. The first-order chi connectivity index (χ1) is 11.5. The van der Waals surface area contributed by atoms with E-state index >= 15 is 0 Å². The maximum Gasteiger partial charge on any atom is 0.141 e. The molecule has 4 rings (SSSR count). The predicted octanol–water partition coefficient (Wildman–Crippen LogP) is 3.27. The lowest BCUT2D eigenvalue weighted by atomic mass is 9.80. The van der Waals surface area contributed by atoms with Crippen LogP contribution in [0.25, 0.3) is 16.6 Å². The van der Waals surface area contributed by atoms with Crippen LogP contribution in [0.2, 0.25) is 0 Å². The summed E-state index contributed by atoms with van der Waals surface area (Å²) in [6.45, 7) is 7.82. The summed E-state index contributed by atoms with van der Waals surface area (Å²) >= 11 is 0. The monoisotopic (exact) mass is 326 g/mol. The topological polar surface area (TPSA) is 70.9 Å². The van der Waals surface area contributed by atoms with Gasteiger partial charge in [-0.3, -0.25) is 0 Å². The van der Waals surface area contributed by atoms with Crippen molar-refractivity contribution in [3.63, 3.8) is 0 Å². The molecule has 0 aromatic carbocycles. The molecule has 1 aliphatic rings. The number of H-pyrrole nitrogens is 1. The van der Waals surface area contributed by atoms with Crippen LogP contribution in [-0.2, 0) is 0 Å². The van der Waals surface area contributed by atoms with Gasteiger partial charge in [0.15, 0.2) is 0 Å². The van der Waals surface area contributed by atoms with Crippen LogP contribution >= 0.6 is 0 Å². The van der Waals surface area contributed by atoms with Crippen LogP contribution in [0.3, 0.4) is 0 Å². The fraction of sp³-hybridized carbons (Fsp3) is 0.611. The van der Waals surface area contributed by atoms with Crippen molar-refractivity contribution in [1.82, 2.24) is 30.1 Å². The van der Waals surface area contributed by atoms with E-state index in [2.05, 4.69) is 52.4 Å². The molecule has 1 aliphatic carbocycles. The Morgan fingerprint density at radius 2 is 2.04 bits per heavy atom. The first kappa shape index (κ1) is 15.6. The Kier molecular flexibility index (Phi) is 3.79. The minimum absolute atomic E-state index is 0.202. The van der Waals surface area contributed by atoms with Gasteiger partial charge in [-0.2, -0.15) is 0 Å². The first-order valence-electron chi connectivity index (χ1n) is 8.93. The number of aromatic amines is 1. The third-order valence-electron chi connectivity index (χ3n) is 5.15. The van der Waals surface area contributed by atoms with Crippen molar-refractivity contribution in [2.75, 3.05) is 6.54 Å². The Balaban J connectivity index is 1.52. The van der Waals surface area contributed by atoms with Crippen molar-refractivity contribution >= 4 is 16.6 Å². The molecule has 128 valence electrons. The molecule has 3 aromatic heterocycles. The Morgan fingerprint density at radius 3 is 2.79 bits per heavy atom. The fourth-order valence-corrected chi connectivity index (χ4v) is 3.78. The highest BCUT2D eigenvalue weighted by Crippen LogP contribution is 2.37. The summed E-state index contributed by atoms with van der Waals surface area (Å²) in [4.78, 5) is 7.57. The van der Waals surface area contributed by atoms with Gasteiger partial charge >= 0.3 is 0 Å². The van der Waals surface area contributed by atoms with Gasteiger partial charge in [0.05, 0.1) is 5.69 Å². The smallest absolute Gasteiger partial charge is 0.141 e. The Labute approximate surface area is 142 Å². The summed E-state index contributed by atoms with van der Waals surface area (Å²) in [6, 6.07) is 2.07. The lowest BCUT2D eigenvalue weighted by Crippen LogP contribution is -2.39. The number of rotatable bonds is 3. The van der Waals surface area contributed by atoms with Crippen LogP contribution in [0, 0.1) is 5.92 Å². The van der Waals surface area contributed by atoms with Crippen molar-refractivity contribution in [1.29, 1.82) is 0 Å². The maximum absolute atomic E-state index is 4.50. The van der Waals surface area contributed by atoms with Crippen molar-refractivity contribution in [3.05, 3.63) is 24.3 Å². The normalized spacial score (nSPS) is 22.5. The van der Waals surface area contributed by atoms with Crippen LogP contribution in [0.1, 0.15) is 58.1 Å². The zero-order valence-electron chi connectivity index (χ0n) is 14.7. The summed E-state index contributed by atoms with van der Waals surface area (Å²) in [5, 5.41) is 13.6. The second kappa shape index (κ2) is 5.84. The van der Waals surface area contributed by atoms with Gasteiger partial charge < -0.3 is 10.3 Å². The molecule has 6 heteroatoms. The van der Waals surface area contributed by atoms with Crippen molar-refractivity contribution < 1.29 is 0 Å². The quantitative estimate of drug-likeness (QED) is 0.775. The first-order valence-corrected chi connectivity index (χ1v) is 8.93. The number of aromatic nitrogens is 5. The molecule has 1 saturated carbocycles. The van der Waals surface area contributed by atoms with Gasteiger partial charge in [0.1, 0.15) is 17.5 Å². The minimum atomic E-state index is 0.202. The summed E-state index contributed by atoms with van der Waals surface area (Å²) in [5.74, 6) is 1.28. The molecule has 0 atom stereocenters. The summed E-state index contributed by atoms with van der Waals surface area (Å²) in [5.41, 5.74) is 3.38. The van der Waals surface area contributed by atoms with Crippen LogP contribution in [0.4, 0.5) is 0 Å². The van der Waals surface area contributed by atoms with Crippen LogP contribution in [0.5, 0.6) is 0 Å². The Bertz CT molecular complexity index is 832. The predicted molar refractivity (Wildman–Crippen MR) is 95.1 cm³/mol. The minimum Gasteiger partial charge on any atom is -0.346 e. The molecule has 2 N–H and O–H groups in total. The number of hydrogen-bond donors (Lipinski definition) is 2. The molecule has 0 spiro atoms. The number of nitrogens with one attached hydrogen (secondary N) is 2. The molecule has 24 heavy (non-hydrogen) atoms. The molecular formula is C18H26N6. The fourth-order valence-electron chi connectivity index (χ4n) is 3.78. The zero-order valence-corrected chi connectivity index (χ0v) is 14.7. The van der Waals surface area contributed by atoms with Crippen LogP contribution < -0.4 is 5.32 Å². The van der Waals surface area contributed by atoms with Gasteiger partial charge in [0.2, 0.25) is 0 Å². The average Bonchev–Trinajstić information content (AvgIpc) is 3.18. The number of nitrogens with zero attached hydrogens (tertiary/aromatic N) is 4. The molecule has 6 nitrogen and oxygen atoms in total. The summed E-state index contributed by atoms with van der Waals surface area (Å²) in [6.07, 6.45) is 8.59. The molecule has 3 heterocycles. The third kappa shape index (κ3) is 2.90. The lowest BCUT2D eigenvalue weighted by Gasteiger charge is -2.30. The second-order valence-electron chi connectivity index (χ2n) is 8.10. The number of fused-ring (bicyclic) bond motifs is 3. The molecule has 0 unspecified atom stereocenters. The SMILES string of the molecule is CC(C)(C)NCC1CCC(c2nnn3cnc4[nH]ccc4c23)CC1. The number of hydrogen-bond acceptors (Lipinski definition) is 4. The van der Waals surface area contributed by atoms with E-state index in [4.69, 9.17) is 0 Å². The van der Waals surface area contributed by atoms with E-state index in [0.29, 0.717) is 5.92 Å². The summed E-state index contributed by atoms with van der Waals surface area (Å²) in [7, 11) is 0. The van der Waals surface area contributed by atoms with E-state index in [1.807, 2.05) is 10.7 Å². The van der Waals surface area contributed by atoms with Crippen molar-refractivity contribution in [3.8, 4) is 0 Å². The van der Waals surface area contributed by atoms with E-state index in [1.54, 1.807) is 6.33 Å². The van der Waals surface area contributed by atoms with E-state index < -0.39 is 0 Å². The molecule has 1 fully saturated rings. The van der Waals surface area contributed by atoms with Gasteiger partial charge in [-0.25, -0.2) is 9.50 Å². The van der Waals surface area contributed by atoms with Gasteiger partial charge in [0, 0.05) is 23.0 Å². The van der Waals surface area contributed by atoms with Crippen LogP contribution in [-0.4, -0.2) is 36.9 Å². The van der Waals surface area contributed by atoms with Gasteiger partial charge in [-0.15, -0.1) is 5.10 Å². The largest absolute Gasteiger partial charge is 0.346 e. The van der Waals surface area contributed by atoms with Crippen LogP contribution in [0.15, 0.2) is 18.6 Å². The Morgan fingerprint density at radius 1 is 1.25 bits per heavy atom. The van der Waals surface area contributed by atoms with Gasteiger partial charge in [-0.05, 0) is 65.0 Å². The Hall–Kier alpha value is -1.95. The highest BCUT2D eigenvalue weighted by molar-refractivity contribution is 5.92. The summed E-state index contributed by atoms with van der Waals surface area (Å²) < 4.78 is 1.82. The highest BCUT2D eigenvalue weighted by atomic mass is 15.4. The molecule has 3 aromatic rings. The molecule has 0 amide bonds. The molecule has 0 saturated heterocycles. The van der Waals surface area contributed by atoms with E-state index in [0.717, 1.165) is 34.7 Å². The average molecular weight is 326 g/mol. The zero-order chi connectivity index (χ0) is 16.7. The van der Waals surface area contributed by atoms with E-state index in [9.17, 15) is 0 Å². The molecule has 0 bridgehead atoms. The van der Waals surface area contributed by atoms with Gasteiger partial charge in [-0.1, -0.05) is 5.21 Å². The molecule has 0 aliphatic heterocycles.